The fraction of sp³-hybridized carbons (Fsp3) is 0.833. The predicted octanol–water partition coefficient (Wildman–Crippen LogP) is 0.507. The zero-order valence-corrected chi connectivity index (χ0v) is 11.6. The van der Waals surface area contributed by atoms with Gasteiger partial charge in [0.15, 0.2) is 0 Å². The van der Waals surface area contributed by atoms with Crippen LogP contribution in [0.3, 0.4) is 0 Å². The normalized spacial score (nSPS) is 13.8. The van der Waals surface area contributed by atoms with Crippen LogP contribution in [-0.4, -0.2) is 59.4 Å². The topological polar surface area (TPSA) is 80.3 Å². The maximum absolute atomic E-state index is 11.3. The predicted molar refractivity (Wildman–Crippen MR) is 65.4 cm³/mol. The molecule has 0 spiro atoms. The van der Waals surface area contributed by atoms with Gasteiger partial charge in [-0.25, -0.2) is 0 Å². The monoisotopic (exact) mass is 278 g/mol. The van der Waals surface area contributed by atoms with E-state index in [1.54, 1.807) is 0 Å². The average Bonchev–Trinajstić information content (AvgIpc) is 2.42. The Kier molecular flexibility index (Phi) is 11.4. The molecule has 0 saturated carbocycles. The number of hydrogen-bond donors (Lipinski definition) is 0. The van der Waals surface area contributed by atoms with Gasteiger partial charge in [0.1, 0.15) is 19.9 Å². The van der Waals surface area contributed by atoms with E-state index in [-0.39, 0.29) is 32.5 Å². The molecule has 0 aromatic heterocycles. The van der Waals surface area contributed by atoms with Crippen LogP contribution in [0.1, 0.15) is 19.3 Å². The van der Waals surface area contributed by atoms with Crippen LogP contribution >= 0.6 is 0 Å². The third kappa shape index (κ3) is 9.54. The van der Waals surface area contributed by atoms with Crippen molar-refractivity contribution < 1.29 is 33.3 Å². The van der Waals surface area contributed by atoms with Crippen molar-refractivity contribution in [3.63, 3.8) is 0 Å². The summed E-state index contributed by atoms with van der Waals surface area (Å²) in [5.74, 6) is -0.391. The van der Waals surface area contributed by atoms with Crippen molar-refractivity contribution in [1.29, 1.82) is 0 Å². The molecular formula is C12H22O7. The van der Waals surface area contributed by atoms with Crippen molar-refractivity contribution in [2.75, 3.05) is 34.9 Å². The van der Waals surface area contributed by atoms with Crippen LogP contribution in [0.15, 0.2) is 0 Å². The second-order valence-electron chi connectivity index (χ2n) is 3.81. The second kappa shape index (κ2) is 12.0. The first-order valence-electron chi connectivity index (χ1n) is 5.89. The van der Waals surface area contributed by atoms with E-state index in [4.69, 9.17) is 18.9 Å². The molecule has 2 unspecified atom stereocenters. The maximum Gasteiger partial charge on any atom is 0.308 e. The van der Waals surface area contributed by atoms with Crippen molar-refractivity contribution in [3.05, 3.63) is 0 Å². The summed E-state index contributed by atoms with van der Waals surface area (Å²) in [5, 5.41) is 0. The summed E-state index contributed by atoms with van der Waals surface area (Å²) >= 11 is 0. The van der Waals surface area contributed by atoms with Gasteiger partial charge >= 0.3 is 5.97 Å². The molecule has 0 fully saturated rings. The van der Waals surface area contributed by atoms with Crippen molar-refractivity contribution in [2.24, 2.45) is 0 Å². The van der Waals surface area contributed by atoms with E-state index in [2.05, 4.69) is 4.74 Å². The number of aldehydes is 1. The molecule has 0 aliphatic rings. The van der Waals surface area contributed by atoms with E-state index in [0.717, 1.165) is 6.29 Å². The smallest absolute Gasteiger partial charge is 0.308 e. The van der Waals surface area contributed by atoms with Gasteiger partial charge in [0, 0.05) is 27.1 Å². The Balaban J connectivity index is 4.35. The van der Waals surface area contributed by atoms with Crippen molar-refractivity contribution in [2.45, 2.75) is 31.5 Å². The Bertz CT molecular complexity index is 244. The van der Waals surface area contributed by atoms with E-state index in [1.807, 2.05) is 0 Å². The lowest BCUT2D eigenvalue weighted by molar-refractivity contribution is -0.150. The standard InChI is InChI=1S/C12H22O7/c1-15-8-18-10(4-5-13)6-11(19-9-16-2)7-12(14)17-3/h5,10-11H,4,6-9H2,1-3H3. The number of rotatable bonds is 12. The first-order valence-corrected chi connectivity index (χ1v) is 5.89. The van der Waals surface area contributed by atoms with Crippen LogP contribution in [0, 0.1) is 0 Å². The summed E-state index contributed by atoms with van der Waals surface area (Å²) in [6.45, 7) is 0.132. The summed E-state index contributed by atoms with van der Waals surface area (Å²) in [6, 6.07) is 0. The molecule has 0 rings (SSSR count). The first-order chi connectivity index (χ1) is 9.17. The van der Waals surface area contributed by atoms with Crippen molar-refractivity contribution >= 4 is 12.3 Å². The van der Waals surface area contributed by atoms with E-state index in [9.17, 15) is 9.59 Å². The molecule has 0 amide bonds. The molecule has 0 aliphatic carbocycles. The third-order valence-electron chi connectivity index (χ3n) is 2.35. The fourth-order valence-corrected chi connectivity index (χ4v) is 1.44. The molecule has 19 heavy (non-hydrogen) atoms. The highest BCUT2D eigenvalue weighted by Crippen LogP contribution is 2.13. The van der Waals surface area contributed by atoms with Gasteiger partial charge < -0.3 is 28.5 Å². The molecule has 7 heteroatoms. The van der Waals surface area contributed by atoms with Crippen LogP contribution in [0.2, 0.25) is 0 Å². The SMILES string of the molecule is COCOC(CC=O)CC(CC(=O)OC)OCOC. The van der Waals surface area contributed by atoms with Crippen LogP contribution in [0.25, 0.3) is 0 Å². The van der Waals surface area contributed by atoms with Gasteiger partial charge in [-0.1, -0.05) is 0 Å². The highest BCUT2D eigenvalue weighted by atomic mass is 16.7. The van der Waals surface area contributed by atoms with Gasteiger partial charge in [-0.3, -0.25) is 4.79 Å². The molecule has 0 heterocycles. The number of carbonyl (C=O) groups excluding carboxylic acids is 2. The van der Waals surface area contributed by atoms with Crippen LogP contribution in [-0.2, 0) is 33.3 Å². The zero-order chi connectivity index (χ0) is 14.5. The van der Waals surface area contributed by atoms with E-state index >= 15 is 0 Å². The summed E-state index contributed by atoms with van der Waals surface area (Å²) < 4.78 is 24.9. The maximum atomic E-state index is 11.3. The molecule has 7 nitrogen and oxygen atoms in total. The fourth-order valence-electron chi connectivity index (χ4n) is 1.44. The highest BCUT2D eigenvalue weighted by Gasteiger charge is 2.21. The van der Waals surface area contributed by atoms with Gasteiger partial charge in [0.2, 0.25) is 0 Å². The van der Waals surface area contributed by atoms with Crippen LogP contribution in [0.5, 0.6) is 0 Å². The molecular weight excluding hydrogens is 256 g/mol. The second-order valence-corrected chi connectivity index (χ2v) is 3.81. The van der Waals surface area contributed by atoms with Gasteiger partial charge in [-0.15, -0.1) is 0 Å². The first kappa shape index (κ1) is 18.0. The molecule has 0 radical (unpaired) electrons. The highest BCUT2D eigenvalue weighted by molar-refractivity contribution is 5.69. The van der Waals surface area contributed by atoms with Crippen molar-refractivity contribution in [1.82, 2.24) is 0 Å². The van der Waals surface area contributed by atoms with Crippen LogP contribution < -0.4 is 0 Å². The Labute approximate surface area is 113 Å². The molecule has 112 valence electrons. The number of hydrogen-bond acceptors (Lipinski definition) is 7. The van der Waals surface area contributed by atoms with Crippen LogP contribution in [0.4, 0.5) is 0 Å². The summed E-state index contributed by atoms with van der Waals surface area (Å²) in [5.41, 5.74) is 0. The summed E-state index contributed by atoms with van der Waals surface area (Å²) in [4.78, 5) is 21.8. The lowest BCUT2D eigenvalue weighted by atomic mass is 10.1. The molecule has 0 saturated heterocycles. The lowest BCUT2D eigenvalue weighted by Gasteiger charge is -2.21. The molecule has 2 atom stereocenters. The largest absolute Gasteiger partial charge is 0.469 e. The van der Waals surface area contributed by atoms with Gasteiger partial charge in [0.05, 0.1) is 25.7 Å². The van der Waals surface area contributed by atoms with E-state index < -0.39 is 12.1 Å². The number of carbonyl (C=O) groups is 2. The van der Waals surface area contributed by atoms with Gasteiger partial charge in [0.25, 0.3) is 0 Å². The minimum Gasteiger partial charge on any atom is -0.469 e. The minimum absolute atomic E-state index is 0.0553. The van der Waals surface area contributed by atoms with E-state index in [1.165, 1.54) is 21.3 Å². The number of methoxy groups -OCH3 is 3. The van der Waals surface area contributed by atoms with Crippen molar-refractivity contribution in [3.8, 4) is 0 Å². The molecule has 0 N–H and O–H groups in total. The Morgan fingerprint density at radius 1 is 1.05 bits per heavy atom. The molecule has 0 aromatic carbocycles. The van der Waals surface area contributed by atoms with Gasteiger partial charge in [-0.05, 0) is 0 Å². The molecule has 0 aromatic rings. The van der Waals surface area contributed by atoms with E-state index in [0.29, 0.717) is 6.42 Å². The Morgan fingerprint density at radius 3 is 2.11 bits per heavy atom. The molecule has 0 bridgehead atoms. The summed E-state index contributed by atoms with van der Waals surface area (Å²) in [7, 11) is 4.28. The number of esters is 1. The lowest BCUT2D eigenvalue weighted by Crippen LogP contribution is -2.27. The zero-order valence-electron chi connectivity index (χ0n) is 11.6. The summed E-state index contributed by atoms with van der Waals surface area (Å²) in [6.07, 6.45) is 0.605. The van der Waals surface area contributed by atoms with Gasteiger partial charge in [-0.2, -0.15) is 0 Å². The molecule has 0 aliphatic heterocycles. The quantitative estimate of drug-likeness (QED) is 0.292. The Morgan fingerprint density at radius 2 is 1.63 bits per heavy atom. The minimum atomic E-state index is -0.436. The number of ether oxygens (including phenoxy) is 5. The average molecular weight is 278 g/mol. The Hall–Kier alpha value is -1.02. The third-order valence-corrected chi connectivity index (χ3v) is 2.35.